The molecule has 1 aliphatic rings. The molecule has 18 heavy (non-hydrogen) atoms. The first-order valence-electron chi connectivity index (χ1n) is 5.95. The second-order valence-electron chi connectivity index (χ2n) is 4.38. The van der Waals surface area contributed by atoms with E-state index in [1.807, 2.05) is 11.8 Å². The van der Waals surface area contributed by atoms with Crippen LogP contribution in [0.25, 0.3) is 0 Å². The van der Waals surface area contributed by atoms with Crippen LogP contribution >= 0.6 is 11.8 Å². The van der Waals surface area contributed by atoms with E-state index in [0.717, 1.165) is 18.1 Å². The number of hydrogen-bond donors (Lipinski definition) is 1. The molecular formula is C11H16N4O2S. The van der Waals surface area contributed by atoms with E-state index in [4.69, 9.17) is 0 Å². The summed E-state index contributed by atoms with van der Waals surface area (Å²) >= 11 is 1.93. The Morgan fingerprint density at radius 3 is 2.44 bits per heavy atom. The molecule has 1 saturated carbocycles. The first-order valence-corrected chi connectivity index (χ1v) is 7.23. The predicted octanol–water partition coefficient (Wildman–Crippen LogP) is 2.47. The molecule has 0 spiro atoms. The predicted molar refractivity (Wildman–Crippen MR) is 71.9 cm³/mol. The molecule has 1 heterocycles. The SMILES string of the molecule is CSC1CCC(Nc2ncc([N+](=O)[O-])cn2)CC1. The summed E-state index contributed by atoms with van der Waals surface area (Å²) in [6, 6.07) is 0.384. The molecule has 0 radical (unpaired) electrons. The molecular weight excluding hydrogens is 252 g/mol. The Morgan fingerprint density at radius 2 is 1.94 bits per heavy atom. The third-order valence-electron chi connectivity index (χ3n) is 3.19. The van der Waals surface area contributed by atoms with E-state index in [2.05, 4.69) is 21.5 Å². The van der Waals surface area contributed by atoms with E-state index in [-0.39, 0.29) is 5.69 Å². The van der Waals surface area contributed by atoms with Crippen molar-refractivity contribution >= 4 is 23.4 Å². The number of anilines is 1. The van der Waals surface area contributed by atoms with Gasteiger partial charge in [-0.2, -0.15) is 11.8 Å². The number of nitrogens with zero attached hydrogens (tertiary/aromatic N) is 3. The number of thioether (sulfide) groups is 1. The summed E-state index contributed by atoms with van der Waals surface area (Å²) in [5.41, 5.74) is -0.0772. The quantitative estimate of drug-likeness (QED) is 0.667. The number of rotatable bonds is 4. The molecule has 6 nitrogen and oxygen atoms in total. The minimum absolute atomic E-state index is 0.0772. The minimum atomic E-state index is -0.493. The summed E-state index contributed by atoms with van der Waals surface area (Å²) in [5, 5.41) is 14.5. The van der Waals surface area contributed by atoms with E-state index < -0.39 is 4.92 Å². The summed E-state index contributed by atoms with van der Waals surface area (Å²) in [6.45, 7) is 0. The minimum Gasteiger partial charge on any atom is -0.351 e. The molecule has 1 aromatic rings. The molecule has 98 valence electrons. The van der Waals surface area contributed by atoms with Gasteiger partial charge in [0, 0.05) is 11.3 Å². The molecule has 0 aliphatic heterocycles. The Kier molecular flexibility index (Phi) is 4.35. The Hall–Kier alpha value is -1.37. The molecule has 1 N–H and O–H groups in total. The molecule has 0 aromatic carbocycles. The molecule has 1 aliphatic carbocycles. The van der Waals surface area contributed by atoms with Crippen LogP contribution in [-0.2, 0) is 0 Å². The lowest BCUT2D eigenvalue weighted by Gasteiger charge is -2.27. The van der Waals surface area contributed by atoms with Crippen molar-refractivity contribution in [2.24, 2.45) is 0 Å². The fourth-order valence-corrected chi connectivity index (χ4v) is 2.86. The second-order valence-corrected chi connectivity index (χ2v) is 5.51. The Labute approximate surface area is 110 Å². The number of nitrogens with one attached hydrogen (secondary N) is 1. The highest BCUT2D eigenvalue weighted by molar-refractivity contribution is 7.99. The maximum atomic E-state index is 10.5. The van der Waals surface area contributed by atoms with Crippen molar-refractivity contribution in [1.82, 2.24) is 9.97 Å². The van der Waals surface area contributed by atoms with Crippen LogP contribution in [0.15, 0.2) is 12.4 Å². The maximum Gasteiger partial charge on any atom is 0.305 e. The number of nitro groups is 1. The van der Waals surface area contributed by atoms with Crippen molar-refractivity contribution in [3.63, 3.8) is 0 Å². The lowest BCUT2D eigenvalue weighted by molar-refractivity contribution is -0.385. The van der Waals surface area contributed by atoms with Crippen LogP contribution in [0.3, 0.4) is 0 Å². The zero-order chi connectivity index (χ0) is 13.0. The van der Waals surface area contributed by atoms with Crippen LogP contribution in [0, 0.1) is 10.1 Å². The van der Waals surface area contributed by atoms with Gasteiger partial charge < -0.3 is 5.32 Å². The van der Waals surface area contributed by atoms with Crippen molar-refractivity contribution < 1.29 is 4.92 Å². The molecule has 0 saturated heterocycles. The summed E-state index contributed by atoms with van der Waals surface area (Å²) in [7, 11) is 0. The van der Waals surface area contributed by atoms with E-state index >= 15 is 0 Å². The van der Waals surface area contributed by atoms with Crippen molar-refractivity contribution in [2.45, 2.75) is 37.0 Å². The van der Waals surface area contributed by atoms with Crippen LogP contribution in [0.1, 0.15) is 25.7 Å². The molecule has 7 heteroatoms. The van der Waals surface area contributed by atoms with Crippen molar-refractivity contribution in [3.8, 4) is 0 Å². The zero-order valence-electron chi connectivity index (χ0n) is 10.2. The van der Waals surface area contributed by atoms with Gasteiger partial charge in [0.2, 0.25) is 5.95 Å². The largest absolute Gasteiger partial charge is 0.351 e. The monoisotopic (exact) mass is 268 g/mol. The summed E-state index contributed by atoms with van der Waals surface area (Å²) < 4.78 is 0. The third kappa shape index (κ3) is 3.32. The Balaban J connectivity index is 1.88. The van der Waals surface area contributed by atoms with Gasteiger partial charge in [-0.1, -0.05) is 0 Å². The van der Waals surface area contributed by atoms with Crippen LogP contribution in [0.4, 0.5) is 11.6 Å². The van der Waals surface area contributed by atoms with Crippen LogP contribution in [0.5, 0.6) is 0 Å². The molecule has 0 bridgehead atoms. The van der Waals surface area contributed by atoms with Gasteiger partial charge in [-0.15, -0.1) is 0 Å². The van der Waals surface area contributed by atoms with Crippen LogP contribution in [0.2, 0.25) is 0 Å². The van der Waals surface area contributed by atoms with Gasteiger partial charge in [0.05, 0.1) is 4.92 Å². The highest BCUT2D eigenvalue weighted by Gasteiger charge is 2.21. The van der Waals surface area contributed by atoms with Crippen LogP contribution in [-0.4, -0.2) is 32.4 Å². The molecule has 0 atom stereocenters. The van der Waals surface area contributed by atoms with Gasteiger partial charge >= 0.3 is 5.69 Å². The van der Waals surface area contributed by atoms with Crippen LogP contribution < -0.4 is 5.32 Å². The van der Waals surface area contributed by atoms with E-state index in [0.29, 0.717) is 12.0 Å². The topological polar surface area (TPSA) is 81.0 Å². The van der Waals surface area contributed by atoms with Gasteiger partial charge in [0.25, 0.3) is 0 Å². The van der Waals surface area contributed by atoms with Gasteiger partial charge in [-0.3, -0.25) is 10.1 Å². The molecule has 2 rings (SSSR count). The van der Waals surface area contributed by atoms with Gasteiger partial charge in [-0.05, 0) is 31.9 Å². The maximum absolute atomic E-state index is 10.5. The smallest absolute Gasteiger partial charge is 0.305 e. The van der Waals surface area contributed by atoms with E-state index in [1.54, 1.807) is 0 Å². The summed E-state index contributed by atoms with van der Waals surface area (Å²) in [5.74, 6) is 0.480. The lowest BCUT2D eigenvalue weighted by atomic mass is 9.95. The zero-order valence-corrected chi connectivity index (χ0v) is 11.0. The van der Waals surface area contributed by atoms with Gasteiger partial charge in [0.15, 0.2) is 0 Å². The number of hydrogen-bond acceptors (Lipinski definition) is 6. The van der Waals surface area contributed by atoms with E-state index in [1.165, 1.54) is 25.2 Å². The third-order valence-corrected chi connectivity index (χ3v) is 4.33. The van der Waals surface area contributed by atoms with Crippen molar-refractivity contribution in [2.75, 3.05) is 11.6 Å². The normalized spacial score (nSPS) is 23.6. The highest BCUT2D eigenvalue weighted by Crippen LogP contribution is 2.28. The second kappa shape index (κ2) is 5.99. The van der Waals surface area contributed by atoms with E-state index in [9.17, 15) is 10.1 Å². The summed E-state index contributed by atoms with van der Waals surface area (Å²) in [4.78, 5) is 17.9. The van der Waals surface area contributed by atoms with Gasteiger partial charge in [-0.25, -0.2) is 9.97 Å². The van der Waals surface area contributed by atoms with Crippen molar-refractivity contribution in [3.05, 3.63) is 22.5 Å². The fourth-order valence-electron chi connectivity index (χ4n) is 2.12. The highest BCUT2D eigenvalue weighted by atomic mass is 32.2. The molecule has 1 aromatic heterocycles. The Bertz CT molecular complexity index is 404. The first kappa shape index (κ1) is 13.1. The Morgan fingerprint density at radius 1 is 1.33 bits per heavy atom. The standard InChI is InChI=1S/C11H16N4O2S/c1-18-10-4-2-8(3-5-10)14-11-12-6-9(7-13-11)15(16)17/h6-8,10H,2-5H2,1H3,(H,12,13,14). The fraction of sp³-hybridized carbons (Fsp3) is 0.636. The van der Waals surface area contributed by atoms with Crippen molar-refractivity contribution in [1.29, 1.82) is 0 Å². The molecule has 0 unspecified atom stereocenters. The first-order chi connectivity index (χ1) is 8.69. The molecule has 0 amide bonds. The number of aromatic nitrogens is 2. The van der Waals surface area contributed by atoms with Gasteiger partial charge in [0.1, 0.15) is 12.4 Å². The summed E-state index contributed by atoms with van der Waals surface area (Å²) in [6.07, 6.45) is 9.24. The average Bonchev–Trinajstić information content (AvgIpc) is 2.40. The average molecular weight is 268 g/mol. The molecule has 1 fully saturated rings. The lowest BCUT2D eigenvalue weighted by Crippen LogP contribution is -2.27.